The Labute approximate surface area is 167 Å². The highest BCUT2D eigenvalue weighted by atomic mass is 79.9. The number of halogens is 2. The van der Waals surface area contributed by atoms with Crippen LogP contribution in [0.5, 0.6) is 5.75 Å². The standard InChI is InChI=1S/C18H13BrClN5O2/c1-9-6-10(20)7-11-15(9)22-16(24(2)18(11)27)12-8-14(19)23-25(12)17-13(26)4-3-5-21-17/h3-8,26H,1-2H3. The van der Waals surface area contributed by atoms with Crippen molar-refractivity contribution in [3.63, 3.8) is 0 Å². The number of rotatable bonds is 2. The Hall–Kier alpha value is -2.71. The van der Waals surface area contributed by atoms with Crippen molar-refractivity contribution in [2.24, 2.45) is 7.05 Å². The van der Waals surface area contributed by atoms with Gasteiger partial charge in [-0.2, -0.15) is 5.10 Å². The van der Waals surface area contributed by atoms with E-state index in [4.69, 9.17) is 11.6 Å². The van der Waals surface area contributed by atoms with Gasteiger partial charge in [-0.05, 0) is 52.7 Å². The summed E-state index contributed by atoms with van der Waals surface area (Å²) in [6, 6.07) is 8.22. The van der Waals surface area contributed by atoms with Gasteiger partial charge in [-0.3, -0.25) is 9.36 Å². The van der Waals surface area contributed by atoms with Crippen LogP contribution < -0.4 is 5.56 Å². The van der Waals surface area contributed by atoms with Crippen LogP contribution in [0.2, 0.25) is 5.02 Å². The predicted molar refractivity (Wildman–Crippen MR) is 106 cm³/mol. The molecule has 0 aliphatic rings. The summed E-state index contributed by atoms with van der Waals surface area (Å²) in [5.41, 5.74) is 1.63. The quantitative estimate of drug-likeness (QED) is 0.508. The SMILES string of the molecule is Cc1cc(Cl)cc2c(=O)n(C)c(-c3cc(Br)nn3-c3ncccc3O)nc12. The van der Waals surface area contributed by atoms with Crippen LogP contribution >= 0.6 is 27.5 Å². The number of aromatic nitrogens is 5. The minimum atomic E-state index is -0.227. The molecular formula is C18H13BrClN5O2. The molecule has 9 heteroatoms. The van der Waals surface area contributed by atoms with Crippen LogP contribution in [0, 0.1) is 6.92 Å². The first kappa shape index (κ1) is 17.7. The van der Waals surface area contributed by atoms with Gasteiger partial charge >= 0.3 is 0 Å². The number of fused-ring (bicyclic) bond motifs is 1. The van der Waals surface area contributed by atoms with Crippen molar-refractivity contribution in [2.45, 2.75) is 6.92 Å². The molecule has 1 N–H and O–H groups in total. The Morgan fingerprint density at radius 2 is 2.04 bits per heavy atom. The monoisotopic (exact) mass is 445 g/mol. The normalized spacial score (nSPS) is 11.3. The molecule has 0 fully saturated rings. The maximum Gasteiger partial charge on any atom is 0.261 e. The Morgan fingerprint density at radius 1 is 1.26 bits per heavy atom. The second kappa shape index (κ2) is 6.47. The van der Waals surface area contributed by atoms with E-state index in [2.05, 4.69) is 31.0 Å². The predicted octanol–water partition coefficient (Wildman–Crippen LogP) is 3.61. The third-order valence-corrected chi connectivity index (χ3v) is 4.82. The molecule has 3 heterocycles. The van der Waals surface area contributed by atoms with Crippen LogP contribution in [-0.4, -0.2) is 29.4 Å². The average Bonchev–Trinajstić information content (AvgIpc) is 3.00. The van der Waals surface area contributed by atoms with Crippen molar-refractivity contribution in [3.8, 4) is 23.1 Å². The van der Waals surface area contributed by atoms with Crippen molar-refractivity contribution in [2.75, 3.05) is 0 Å². The largest absolute Gasteiger partial charge is 0.504 e. The molecule has 136 valence electrons. The van der Waals surface area contributed by atoms with Crippen LogP contribution in [0.4, 0.5) is 0 Å². The van der Waals surface area contributed by atoms with Gasteiger partial charge in [0.15, 0.2) is 17.4 Å². The number of aromatic hydroxyl groups is 1. The fraction of sp³-hybridized carbons (Fsp3) is 0.111. The highest BCUT2D eigenvalue weighted by Gasteiger charge is 2.20. The molecule has 1 aromatic carbocycles. The summed E-state index contributed by atoms with van der Waals surface area (Å²) in [4.78, 5) is 21.8. The summed E-state index contributed by atoms with van der Waals surface area (Å²) < 4.78 is 3.39. The molecular weight excluding hydrogens is 434 g/mol. The summed E-state index contributed by atoms with van der Waals surface area (Å²) in [5, 5.41) is 15.4. The molecule has 0 saturated carbocycles. The molecule has 0 unspecified atom stereocenters. The number of nitrogens with zero attached hydrogens (tertiary/aromatic N) is 5. The van der Waals surface area contributed by atoms with Gasteiger partial charge < -0.3 is 5.11 Å². The third-order valence-electron chi connectivity index (χ3n) is 4.21. The van der Waals surface area contributed by atoms with Crippen LogP contribution in [0.1, 0.15) is 5.56 Å². The van der Waals surface area contributed by atoms with Gasteiger partial charge in [0.05, 0.1) is 10.9 Å². The van der Waals surface area contributed by atoms with Gasteiger partial charge in [0.1, 0.15) is 10.3 Å². The van der Waals surface area contributed by atoms with Crippen LogP contribution in [0.15, 0.2) is 45.9 Å². The molecule has 3 aromatic heterocycles. The lowest BCUT2D eigenvalue weighted by atomic mass is 10.1. The molecule has 4 rings (SSSR count). The molecule has 0 radical (unpaired) electrons. The van der Waals surface area contributed by atoms with E-state index in [1.807, 2.05) is 6.92 Å². The second-order valence-corrected chi connectivity index (χ2v) is 7.28. The highest BCUT2D eigenvalue weighted by Crippen LogP contribution is 2.29. The van der Waals surface area contributed by atoms with Crippen molar-refractivity contribution in [1.29, 1.82) is 0 Å². The van der Waals surface area contributed by atoms with Crippen molar-refractivity contribution in [3.05, 3.63) is 62.1 Å². The molecule has 4 aromatic rings. The van der Waals surface area contributed by atoms with E-state index in [0.29, 0.717) is 32.0 Å². The van der Waals surface area contributed by atoms with E-state index in [1.165, 1.54) is 15.3 Å². The van der Waals surface area contributed by atoms with E-state index in [9.17, 15) is 9.90 Å². The van der Waals surface area contributed by atoms with E-state index in [-0.39, 0.29) is 17.1 Å². The molecule has 0 aliphatic carbocycles. The minimum Gasteiger partial charge on any atom is -0.504 e. The van der Waals surface area contributed by atoms with Gasteiger partial charge in [-0.25, -0.2) is 14.6 Å². The summed E-state index contributed by atoms with van der Waals surface area (Å²) in [6.45, 7) is 1.85. The van der Waals surface area contributed by atoms with E-state index in [1.54, 1.807) is 37.5 Å². The zero-order valence-corrected chi connectivity index (χ0v) is 16.7. The van der Waals surface area contributed by atoms with Crippen molar-refractivity contribution < 1.29 is 5.11 Å². The molecule has 0 aliphatic heterocycles. The maximum absolute atomic E-state index is 12.9. The number of hydrogen-bond acceptors (Lipinski definition) is 5. The lowest BCUT2D eigenvalue weighted by Gasteiger charge is -2.12. The lowest BCUT2D eigenvalue weighted by molar-refractivity contribution is 0.467. The molecule has 0 atom stereocenters. The Morgan fingerprint density at radius 3 is 2.78 bits per heavy atom. The zero-order chi connectivity index (χ0) is 19.3. The number of hydrogen-bond donors (Lipinski definition) is 1. The zero-order valence-electron chi connectivity index (χ0n) is 14.3. The number of benzene rings is 1. The van der Waals surface area contributed by atoms with Crippen molar-refractivity contribution in [1.82, 2.24) is 24.3 Å². The van der Waals surface area contributed by atoms with Crippen LogP contribution in [0.25, 0.3) is 28.2 Å². The molecule has 0 spiro atoms. The maximum atomic E-state index is 12.9. The molecule has 7 nitrogen and oxygen atoms in total. The topological polar surface area (TPSA) is 85.8 Å². The molecule has 0 saturated heterocycles. The van der Waals surface area contributed by atoms with Gasteiger partial charge in [0, 0.05) is 24.3 Å². The first-order chi connectivity index (χ1) is 12.9. The van der Waals surface area contributed by atoms with E-state index < -0.39 is 0 Å². The molecule has 0 amide bonds. The Bertz CT molecular complexity index is 1260. The van der Waals surface area contributed by atoms with Gasteiger partial charge in [0.25, 0.3) is 5.56 Å². The lowest BCUT2D eigenvalue weighted by Crippen LogP contribution is -2.21. The van der Waals surface area contributed by atoms with E-state index in [0.717, 1.165) is 5.56 Å². The number of aryl methyl sites for hydroxylation is 1. The average molecular weight is 447 g/mol. The smallest absolute Gasteiger partial charge is 0.261 e. The number of pyridine rings is 1. The summed E-state index contributed by atoms with van der Waals surface area (Å²) in [5.74, 6) is 0.588. The first-order valence-electron chi connectivity index (χ1n) is 7.94. The highest BCUT2D eigenvalue weighted by molar-refractivity contribution is 9.10. The Kier molecular flexibility index (Phi) is 4.24. The van der Waals surface area contributed by atoms with Gasteiger partial charge in [-0.15, -0.1) is 0 Å². The minimum absolute atomic E-state index is 0.0388. The first-order valence-corrected chi connectivity index (χ1v) is 9.11. The summed E-state index contributed by atoms with van der Waals surface area (Å²) in [7, 11) is 1.63. The van der Waals surface area contributed by atoms with Crippen molar-refractivity contribution >= 4 is 38.4 Å². The molecule has 27 heavy (non-hydrogen) atoms. The Balaban J connectivity index is 2.06. The third kappa shape index (κ3) is 2.90. The summed E-state index contributed by atoms with van der Waals surface area (Å²) in [6.07, 6.45) is 1.55. The van der Waals surface area contributed by atoms with Crippen LogP contribution in [0.3, 0.4) is 0 Å². The second-order valence-electron chi connectivity index (χ2n) is 6.03. The molecule has 0 bridgehead atoms. The fourth-order valence-electron chi connectivity index (χ4n) is 2.96. The summed E-state index contributed by atoms with van der Waals surface area (Å²) >= 11 is 9.44. The fourth-order valence-corrected chi connectivity index (χ4v) is 3.61. The van der Waals surface area contributed by atoms with E-state index >= 15 is 0 Å². The van der Waals surface area contributed by atoms with Gasteiger partial charge in [-0.1, -0.05) is 11.6 Å². The van der Waals surface area contributed by atoms with Gasteiger partial charge in [0.2, 0.25) is 0 Å². The van der Waals surface area contributed by atoms with Crippen LogP contribution in [-0.2, 0) is 7.05 Å².